The Bertz CT molecular complexity index is 703. The van der Waals surface area contributed by atoms with Crippen LogP contribution in [0.5, 0.6) is 0 Å². The van der Waals surface area contributed by atoms with Crippen LogP contribution in [-0.2, 0) is 10.3 Å². The third-order valence-electron chi connectivity index (χ3n) is 5.90. The summed E-state index contributed by atoms with van der Waals surface area (Å²) in [5.74, 6) is 0.923. The molecule has 0 atom stereocenters. The van der Waals surface area contributed by atoms with Gasteiger partial charge in [0.1, 0.15) is 0 Å². The highest BCUT2D eigenvalue weighted by molar-refractivity contribution is 5.91. The van der Waals surface area contributed by atoms with Crippen LogP contribution in [0.4, 0.5) is 0 Å². The molecule has 0 bridgehead atoms. The molecule has 0 N–H and O–H groups in total. The number of hydrogen-bond acceptors (Lipinski definition) is 2. The lowest BCUT2D eigenvalue weighted by molar-refractivity contribution is -0.0820. The summed E-state index contributed by atoms with van der Waals surface area (Å²) in [5.41, 5.74) is 1.79. The Morgan fingerprint density at radius 1 is 0.800 bits per heavy atom. The van der Waals surface area contributed by atoms with Gasteiger partial charge in [-0.25, -0.2) is 0 Å². The molecule has 2 aromatic rings. The van der Waals surface area contributed by atoms with E-state index in [9.17, 15) is 0 Å². The van der Waals surface area contributed by atoms with E-state index in [1.807, 2.05) is 0 Å². The summed E-state index contributed by atoms with van der Waals surface area (Å²) in [5, 5.41) is 0. The van der Waals surface area contributed by atoms with E-state index < -0.39 is 5.60 Å². The van der Waals surface area contributed by atoms with Crippen molar-refractivity contribution in [1.29, 1.82) is 0 Å². The summed E-state index contributed by atoms with van der Waals surface area (Å²) >= 11 is 0. The van der Waals surface area contributed by atoms with Gasteiger partial charge in [-0.15, -0.1) is 0 Å². The highest BCUT2D eigenvalue weighted by Gasteiger charge is 2.63. The molecule has 1 heterocycles. The van der Waals surface area contributed by atoms with Crippen molar-refractivity contribution >= 4 is 5.90 Å². The van der Waals surface area contributed by atoms with Crippen LogP contribution in [0.15, 0.2) is 65.7 Å². The van der Waals surface area contributed by atoms with Gasteiger partial charge in [0.15, 0.2) is 11.5 Å². The van der Waals surface area contributed by atoms with Gasteiger partial charge in [-0.1, -0.05) is 79.9 Å². The highest BCUT2D eigenvalue weighted by Crippen LogP contribution is 2.57. The van der Waals surface area contributed by atoms with Crippen molar-refractivity contribution in [3.05, 3.63) is 71.8 Å². The molecule has 2 aliphatic rings. The van der Waals surface area contributed by atoms with Crippen LogP contribution in [0.1, 0.15) is 57.1 Å². The molecular weight excluding hydrogens is 306 g/mol. The number of hydrogen-bond donors (Lipinski definition) is 0. The fourth-order valence-electron chi connectivity index (χ4n) is 4.42. The van der Waals surface area contributed by atoms with E-state index in [0.717, 1.165) is 5.90 Å². The molecule has 0 aromatic heterocycles. The van der Waals surface area contributed by atoms with E-state index in [1.165, 1.54) is 43.2 Å². The topological polar surface area (TPSA) is 21.6 Å². The fourth-order valence-corrected chi connectivity index (χ4v) is 4.42. The second-order valence-corrected chi connectivity index (χ2v) is 7.87. The second kappa shape index (κ2) is 6.33. The van der Waals surface area contributed by atoms with E-state index >= 15 is 0 Å². The van der Waals surface area contributed by atoms with Crippen LogP contribution in [0, 0.1) is 5.41 Å². The van der Waals surface area contributed by atoms with Gasteiger partial charge in [-0.2, -0.15) is 0 Å². The summed E-state index contributed by atoms with van der Waals surface area (Å²) in [6.45, 7) is 4.55. The first-order valence-electron chi connectivity index (χ1n) is 9.53. The molecule has 1 aliphatic carbocycles. The monoisotopic (exact) mass is 333 g/mol. The molecule has 2 fully saturated rings. The molecular formula is C23H27NO. The lowest BCUT2D eigenvalue weighted by Gasteiger charge is -2.57. The summed E-state index contributed by atoms with van der Waals surface area (Å²) in [7, 11) is 0. The van der Waals surface area contributed by atoms with Crippen molar-refractivity contribution < 1.29 is 4.74 Å². The third-order valence-corrected chi connectivity index (χ3v) is 5.90. The van der Waals surface area contributed by atoms with Crippen LogP contribution in [0.3, 0.4) is 0 Å². The standard InChI is InChI=1S/C23H27NO/c1-22(2)21(24-20-16-10-5-11-17-20)25-23(22,18-12-6-3-7-13-18)19-14-8-4-9-15-19/h3-4,6-9,12-15,20H,5,10-11,16-17H2,1-2H3. The average Bonchev–Trinajstić information content (AvgIpc) is 2.67. The molecule has 2 aromatic carbocycles. The van der Waals surface area contributed by atoms with Crippen molar-refractivity contribution in [3.63, 3.8) is 0 Å². The molecule has 0 spiro atoms. The van der Waals surface area contributed by atoms with Crippen LogP contribution in [-0.4, -0.2) is 11.9 Å². The first-order chi connectivity index (χ1) is 12.1. The highest BCUT2D eigenvalue weighted by atomic mass is 16.5. The lowest BCUT2D eigenvalue weighted by atomic mass is 9.62. The van der Waals surface area contributed by atoms with Gasteiger partial charge in [-0.05, 0) is 26.7 Å². The first-order valence-corrected chi connectivity index (χ1v) is 9.53. The fraction of sp³-hybridized carbons (Fsp3) is 0.435. The maximum atomic E-state index is 6.57. The Balaban J connectivity index is 1.75. The van der Waals surface area contributed by atoms with E-state index in [-0.39, 0.29) is 5.41 Å². The Kier molecular flexibility index (Phi) is 4.15. The van der Waals surface area contributed by atoms with Gasteiger partial charge in [0.05, 0.1) is 11.5 Å². The van der Waals surface area contributed by atoms with Crippen molar-refractivity contribution in [2.45, 2.75) is 57.6 Å². The predicted molar refractivity (Wildman–Crippen MR) is 103 cm³/mol. The minimum Gasteiger partial charge on any atom is -0.463 e. The zero-order chi connectivity index (χ0) is 17.3. The van der Waals surface area contributed by atoms with Crippen LogP contribution in [0.25, 0.3) is 0 Å². The Morgan fingerprint density at radius 3 is 1.80 bits per heavy atom. The third kappa shape index (κ3) is 2.59. The van der Waals surface area contributed by atoms with Gasteiger partial charge in [0.2, 0.25) is 0 Å². The average molecular weight is 333 g/mol. The minimum atomic E-state index is -0.455. The smallest absolute Gasteiger partial charge is 0.195 e. The largest absolute Gasteiger partial charge is 0.463 e. The molecule has 25 heavy (non-hydrogen) atoms. The normalized spacial score (nSPS) is 23.7. The van der Waals surface area contributed by atoms with Gasteiger partial charge in [-0.3, -0.25) is 4.99 Å². The molecule has 2 heteroatoms. The number of nitrogens with zero attached hydrogens (tertiary/aromatic N) is 1. The van der Waals surface area contributed by atoms with E-state index in [4.69, 9.17) is 9.73 Å². The van der Waals surface area contributed by atoms with Gasteiger partial charge < -0.3 is 4.74 Å². The number of rotatable bonds is 3. The summed E-state index contributed by atoms with van der Waals surface area (Å²) in [4.78, 5) is 5.03. The predicted octanol–water partition coefficient (Wildman–Crippen LogP) is 5.72. The van der Waals surface area contributed by atoms with Crippen molar-refractivity contribution in [2.75, 3.05) is 0 Å². The summed E-state index contributed by atoms with van der Waals surface area (Å²) < 4.78 is 6.57. The molecule has 1 aliphatic heterocycles. The number of benzene rings is 2. The molecule has 1 saturated heterocycles. The first kappa shape index (κ1) is 16.4. The molecule has 130 valence electrons. The molecule has 4 rings (SSSR count). The van der Waals surface area contributed by atoms with Crippen LogP contribution in [0.2, 0.25) is 0 Å². The second-order valence-electron chi connectivity index (χ2n) is 7.87. The zero-order valence-electron chi connectivity index (χ0n) is 15.2. The van der Waals surface area contributed by atoms with Crippen LogP contribution >= 0.6 is 0 Å². The SMILES string of the molecule is CC1(C)C(=NC2CCCCC2)OC1(c1ccccc1)c1ccccc1. The summed E-state index contributed by atoms with van der Waals surface area (Å²) in [6.07, 6.45) is 6.34. The molecule has 0 radical (unpaired) electrons. The summed E-state index contributed by atoms with van der Waals surface area (Å²) in [6, 6.07) is 21.6. The van der Waals surface area contributed by atoms with Crippen molar-refractivity contribution in [2.24, 2.45) is 10.4 Å². The van der Waals surface area contributed by atoms with E-state index in [0.29, 0.717) is 6.04 Å². The molecule has 0 amide bonds. The zero-order valence-corrected chi connectivity index (χ0v) is 15.2. The Labute approximate surface area is 151 Å². The van der Waals surface area contributed by atoms with Crippen molar-refractivity contribution in [1.82, 2.24) is 0 Å². The van der Waals surface area contributed by atoms with Crippen LogP contribution < -0.4 is 0 Å². The molecule has 1 saturated carbocycles. The maximum Gasteiger partial charge on any atom is 0.195 e. The quantitative estimate of drug-likeness (QED) is 0.704. The maximum absolute atomic E-state index is 6.57. The van der Waals surface area contributed by atoms with E-state index in [1.54, 1.807) is 0 Å². The van der Waals surface area contributed by atoms with E-state index in [2.05, 4.69) is 74.5 Å². The lowest BCUT2D eigenvalue weighted by Crippen LogP contribution is -2.62. The minimum absolute atomic E-state index is 0.160. The number of ether oxygens (including phenoxy) is 1. The Morgan fingerprint density at radius 2 is 1.32 bits per heavy atom. The number of aliphatic imine (C=N–C) groups is 1. The van der Waals surface area contributed by atoms with Gasteiger partial charge in [0.25, 0.3) is 0 Å². The Hall–Kier alpha value is -2.09. The molecule has 2 nitrogen and oxygen atoms in total. The molecule has 0 unspecified atom stereocenters. The van der Waals surface area contributed by atoms with Gasteiger partial charge >= 0.3 is 0 Å². The van der Waals surface area contributed by atoms with Crippen molar-refractivity contribution in [3.8, 4) is 0 Å². The van der Waals surface area contributed by atoms with Gasteiger partial charge in [0, 0.05) is 11.1 Å².